The SMILES string of the molecule is CO[C@H]1C[C@H]2CN(C(=O)C3(C)CC3)[C@@H](Cc3ccccc3)C(=O)N2C1. The summed E-state index contributed by atoms with van der Waals surface area (Å²) in [7, 11) is 1.70. The molecule has 0 unspecified atom stereocenters. The summed E-state index contributed by atoms with van der Waals surface area (Å²) in [5.74, 6) is 0.236. The Hall–Kier alpha value is -1.88. The van der Waals surface area contributed by atoms with Crippen molar-refractivity contribution >= 4 is 11.8 Å². The molecule has 1 saturated carbocycles. The third-order valence-electron chi connectivity index (χ3n) is 6.11. The lowest BCUT2D eigenvalue weighted by Gasteiger charge is -2.44. The number of ether oxygens (including phenoxy) is 1. The monoisotopic (exact) mass is 342 g/mol. The minimum absolute atomic E-state index is 0.0808. The third kappa shape index (κ3) is 2.95. The number of hydrogen-bond acceptors (Lipinski definition) is 3. The van der Waals surface area contributed by atoms with Gasteiger partial charge in [0.15, 0.2) is 0 Å². The zero-order valence-electron chi connectivity index (χ0n) is 15.0. The van der Waals surface area contributed by atoms with Gasteiger partial charge in [-0.05, 0) is 24.8 Å². The average molecular weight is 342 g/mol. The van der Waals surface area contributed by atoms with E-state index in [9.17, 15) is 9.59 Å². The van der Waals surface area contributed by atoms with Crippen LogP contribution in [0.5, 0.6) is 0 Å². The summed E-state index contributed by atoms with van der Waals surface area (Å²) in [5, 5.41) is 0. The highest BCUT2D eigenvalue weighted by atomic mass is 16.5. The van der Waals surface area contributed by atoms with Crippen molar-refractivity contribution in [2.45, 2.75) is 50.8 Å². The Morgan fingerprint density at radius 2 is 1.96 bits per heavy atom. The molecule has 0 bridgehead atoms. The van der Waals surface area contributed by atoms with Gasteiger partial charge in [-0.1, -0.05) is 37.3 Å². The van der Waals surface area contributed by atoms with Crippen LogP contribution in [0.1, 0.15) is 31.7 Å². The van der Waals surface area contributed by atoms with Crippen molar-refractivity contribution in [3.8, 4) is 0 Å². The van der Waals surface area contributed by atoms with Gasteiger partial charge in [0, 0.05) is 32.0 Å². The first-order chi connectivity index (χ1) is 12.0. The lowest BCUT2D eigenvalue weighted by molar-refractivity contribution is -0.156. The molecular weight excluding hydrogens is 316 g/mol. The van der Waals surface area contributed by atoms with Crippen LogP contribution >= 0.6 is 0 Å². The molecule has 1 aromatic carbocycles. The van der Waals surface area contributed by atoms with Crippen LogP contribution < -0.4 is 0 Å². The second kappa shape index (κ2) is 6.13. The minimum atomic E-state index is -0.390. The predicted molar refractivity (Wildman–Crippen MR) is 93.9 cm³/mol. The Morgan fingerprint density at radius 1 is 1.24 bits per heavy atom. The summed E-state index contributed by atoms with van der Waals surface area (Å²) in [6, 6.07) is 9.70. The van der Waals surface area contributed by atoms with Gasteiger partial charge in [-0.3, -0.25) is 9.59 Å². The molecule has 134 valence electrons. The maximum atomic E-state index is 13.2. The molecule has 5 heteroatoms. The quantitative estimate of drug-likeness (QED) is 0.839. The Morgan fingerprint density at radius 3 is 2.60 bits per heavy atom. The van der Waals surface area contributed by atoms with Crippen molar-refractivity contribution in [3.05, 3.63) is 35.9 Å². The summed E-state index contributed by atoms with van der Waals surface area (Å²) >= 11 is 0. The number of hydrogen-bond donors (Lipinski definition) is 0. The first kappa shape index (κ1) is 16.6. The summed E-state index contributed by atoms with van der Waals surface area (Å²) in [5.41, 5.74) is 0.844. The number of carbonyl (C=O) groups excluding carboxylic acids is 2. The summed E-state index contributed by atoms with van der Waals surface area (Å²) in [4.78, 5) is 30.1. The molecule has 25 heavy (non-hydrogen) atoms. The standard InChI is InChI=1S/C20H26N2O3/c1-20(8-9-20)19(24)22-12-15-11-16(25-2)13-21(15)18(23)17(22)10-14-6-4-3-5-7-14/h3-7,15-17H,8-13H2,1-2H3/t15-,16-,17-/m0/s1. The molecule has 1 aromatic rings. The van der Waals surface area contributed by atoms with E-state index in [0.717, 1.165) is 24.8 Å². The Labute approximate surface area is 148 Å². The molecule has 1 aliphatic carbocycles. The van der Waals surface area contributed by atoms with Crippen molar-refractivity contribution < 1.29 is 14.3 Å². The van der Waals surface area contributed by atoms with E-state index in [1.54, 1.807) is 7.11 Å². The highest BCUT2D eigenvalue weighted by Gasteiger charge is 2.53. The first-order valence-corrected chi connectivity index (χ1v) is 9.20. The van der Waals surface area contributed by atoms with Gasteiger partial charge in [0.25, 0.3) is 0 Å². The zero-order valence-corrected chi connectivity index (χ0v) is 15.0. The predicted octanol–water partition coefficient (Wildman–Crippen LogP) is 1.86. The number of amides is 2. The maximum absolute atomic E-state index is 13.2. The fraction of sp³-hybridized carbons (Fsp3) is 0.600. The number of carbonyl (C=O) groups is 2. The molecule has 2 heterocycles. The van der Waals surface area contributed by atoms with E-state index >= 15 is 0 Å². The fourth-order valence-electron chi connectivity index (χ4n) is 4.17. The smallest absolute Gasteiger partial charge is 0.246 e. The largest absolute Gasteiger partial charge is 0.380 e. The molecule has 2 saturated heterocycles. The normalized spacial score (nSPS) is 30.3. The van der Waals surface area contributed by atoms with Crippen LogP contribution in [-0.4, -0.2) is 60.0 Å². The van der Waals surface area contributed by atoms with Gasteiger partial charge < -0.3 is 14.5 Å². The lowest BCUT2D eigenvalue weighted by Crippen LogP contribution is -2.62. The highest BCUT2D eigenvalue weighted by molar-refractivity contribution is 5.93. The first-order valence-electron chi connectivity index (χ1n) is 9.20. The minimum Gasteiger partial charge on any atom is -0.380 e. The van der Waals surface area contributed by atoms with Crippen LogP contribution in [0.15, 0.2) is 30.3 Å². The van der Waals surface area contributed by atoms with Gasteiger partial charge in [0.1, 0.15) is 6.04 Å². The molecule has 3 aliphatic rings. The summed E-state index contributed by atoms with van der Waals surface area (Å²) < 4.78 is 5.48. The van der Waals surface area contributed by atoms with Crippen LogP contribution in [0.2, 0.25) is 0 Å². The van der Waals surface area contributed by atoms with Crippen LogP contribution in [0.4, 0.5) is 0 Å². The molecule has 5 nitrogen and oxygen atoms in total. The van der Waals surface area contributed by atoms with E-state index < -0.39 is 0 Å². The second-order valence-corrected chi connectivity index (χ2v) is 7.96. The topological polar surface area (TPSA) is 49.9 Å². The molecule has 3 fully saturated rings. The van der Waals surface area contributed by atoms with E-state index in [-0.39, 0.29) is 35.4 Å². The molecule has 3 atom stereocenters. The van der Waals surface area contributed by atoms with E-state index in [0.29, 0.717) is 19.5 Å². The summed E-state index contributed by atoms with van der Waals surface area (Å²) in [6.07, 6.45) is 3.36. The molecule has 2 amide bonds. The number of rotatable bonds is 4. The number of nitrogens with zero attached hydrogens (tertiary/aromatic N) is 2. The van der Waals surface area contributed by atoms with Crippen molar-refractivity contribution in [2.24, 2.45) is 5.41 Å². The molecule has 2 aliphatic heterocycles. The van der Waals surface area contributed by atoms with Crippen LogP contribution in [-0.2, 0) is 20.7 Å². The number of benzene rings is 1. The zero-order chi connectivity index (χ0) is 17.6. The van der Waals surface area contributed by atoms with E-state index in [1.807, 2.05) is 47.1 Å². The van der Waals surface area contributed by atoms with Gasteiger partial charge in [0.2, 0.25) is 11.8 Å². The Balaban J connectivity index is 1.61. The van der Waals surface area contributed by atoms with Gasteiger partial charge in [-0.15, -0.1) is 0 Å². The lowest BCUT2D eigenvalue weighted by atomic mass is 9.96. The molecule has 4 rings (SSSR count). The van der Waals surface area contributed by atoms with Crippen LogP contribution in [0.3, 0.4) is 0 Å². The van der Waals surface area contributed by atoms with Gasteiger partial charge in [-0.25, -0.2) is 0 Å². The molecule has 0 spiro atoms. The molecular formula is C20H26N2O3. The Kier molecular flexibility index (Phi) is 4.07. The molecule has 0 radical (unpaired) electrons. The maximum Gasteiger partial charge on any atom is 0.246 e. The Bertz CT molecular complexity index is 671. The van der Waals surface area contributed by atoms with Crippen molar-refractivity contribution in [3.63, 3.8) is 0 Å². The third-order valence-corrected chi connectivity index (χ3v) is 6.11. The highest BCUT2D eigenvalue weighted by Crippen LogP contribution is 2.47. The molecule has 0 N–H and O–H groups in total. The van der Waals surface area contributed by atoms with E-state index in [4.69, 9.17) is 4.74 Å². The number of fused-ring (bicyclic) bond motifs is 1. The van der Waals surface area contributed by atoms with Crippen molar-refractivity contribution in [1.82, 2.24) is 9.80 Å². The fourth-order valence-corrected chi connectivity index (χ4v) is 4.17. The average Bonchev–Trinajstić information content (AvgIpc) is 3.23. The van der Waals surface area contributed by atoms with Crippen LogP contribution in [0.25, 0.3) is 0 Å². The van der Waals surface area contributed by atoms with E-state index in [2.05, 4.69) is 0 Å². The number of methoxy groups -OCH3 is 1. The summed E-state index contributed by atoms with van der Waals surface area (Å²) in [6.45, 7) is 3.31. The van der Waals surface area contributed by atoms with Gasteiger partial charge >= 0.3 is 0 Å². The van der Waals surface area contributed by atoms with Gasteiger partial charge in [-0.2, -0.15) is 0 Å². The van der Waals surface area contributed by atoms with Crippen molar-refractivity contribution in [1.29, 1.82) is 0 Å². The van der Waals surface area contributed by atoms with Gasteiger partial charge in [0.05, 0.1) is 12.1 Å². The second-order valence-electron chi connectivity index (χ2n) is 7.96. The van der Waals surface area contributed by atoms with Crippen LogP contribution in [0, 0.1) is 5.41 Å². The number of piperazine rings is 1. The van der Waals surface area contributed by atoms with E-state index in [1.165, 1.54) is 0 Å². The van der Waals surface area contributed by atoms with Crippen molar-refractivity contribution in [2.75, 3.05) is 20.2 Å². The molecule has 0 aromatic heterocycles.